The van der Waals surface area contributed by atoms with E-state index < -0.39 is 0 Å². The van der Waals surface area contributed by atoms with Gasteiger partial charge in [0.2, 0.25) is 0 Å². The molecule has 2 N–H and O–H groups in total. The van der Waals surface area contributed by atoms with Crippen LogP contribution in [0.4, 0.5) is 5.69 Å². The van der Waals surface area contributed by atoms with Crippen molar-refractivity contribution in [1.82, 2.24) is 0 Å². The van der Waals surface area contributed by atoms with Crippen molar-refractivity contribution in [3.63, 3.8) is 0 Å². The average molecular weight is 207 g/mol. The second kappa shape index (κ2) is 4.67. The molecule has 0 saturated heterocycles. The fourth-order valence-corrected chi connectivity index (χ4v) is 1.32. The fourth-order valence-electron chi connectivity index (χ4n) is 1.32. The summed E-state index contributed by atoms with van der Waals surface area (Å²) in [6.07, 6.45) is 0. The highest BCUT2D eigenvalue weighted by Crippen LogP contribution is 2.20. The molecule has 0 aromatic heterocycles. The second-order valence-electron chi connectivity index (χ2n) is 5.22. The Labute approximate surface area is 92.3 Å². The molecule has 0 heterocycles. The van der Waals surface area contributed by atoms with Crippen LogP contribution in [-0.4, -0.2) is 11.7 Å². The molecule has 0 unspecified atom stereocenters. The monoisotopic (exact) mass is 207 g/mol. The molecular weight excluding hydrogens is 186 g/mol. The van der Waals surface area contributed by atoms with E-state index in [2.05, 4.69) is 33.0 Å². The number of hydrogen-bond donors (Lipinski definition) is 2. The van der Waals surface area contributed by atoms with Crippen molar-refractivity contribution < 1.29 is 5.11 Å². The first-order chi connectivity index (χ1) is 6.92. The number of rotatable bonds is 3. The second-order valence-corrected chi connectivity index (χ2v) is 5.22. The van der Waals surface area contributed by atoms with E-state index in [9.17, 15) is 0 Å². The first kappa shape index (κ1) is 12.1. The van der Waals surface area contributed by atoms with Crippen molar-refractivity contribution in [3.05, 3.63) is 29.3 Å². The number of nitrogens with one attached hydrogen (secondary N) is 1. The summed E-state index contributed by atoms with van der Waals surface area (Å²) in [5, 5.41) is 12.5. The van der Waals surface area contributed by atoms with Gasteiger partial charge in [0.15, 0.2) is 0 Å². The topological polar surface area (TPSA) is 32.3 Å². The Morgan fingerprint density at radius 3 is 2.47 bits per heavy atom. The molecule has 1 rings (SSSR count). The van der Waals surface area contributed by atoms with Gasteiger partial charge in [-0.15, -0.1) is 0 Å². The van der Waals surface area contributed by atoms with Crippen LogP contribution in [0.25, 0.3) is 0 Å². The molecule has 0 atom stereocenters. The highest BCUT2D eigenvalue weighted by atomic mass is 16.3. The Hall–Kier alpha value is -1.02. The number of anilines is 1. The number of aliphatic hydroxyl groups is 1. The first-order valence-corrected chi connectivity index (χ1v) is 5.36. The van der Waals surface area contributed by atoms with Crippen LogP contribution in [0.1, 0.15) is 31.9 Å². The minimum absolute atomic E-state index is 0.102. The molecule has 0 saturated carbocycles. The van der Waals surface area contributed by atoms with Gasteiger partial charge in [-0.3, -0.25) is 0 Å². The van der Waals surface area contributed by atoms with E-state index in [0.717, 1.165) is 17.8 Å². The molecule has 0 aliphatic carbocycles. The van der Waals surface area contributed by atoms with Crippen molar-refractivity contribution >= 4 is 5.69 Å². The summed E-state index contributed by atoms with van der Waals surface area (Å²) in [5.74, 6) is 0. The number of aliphatic hydroxyl groups excluding tert-OH is 1. The van der Waals surface area contributed by atoms with E-state index >= 15 is 0 Å². The molecule has 0 radical (unpaired) electrons. The quantitative estimate of drug-likeness (QED) is 0.798. The van der Waals surface area contributed by atoms with Gasteiger partial charge in [-0.25, -0.2) is 0 Å². The largest absolute Gasteiger partial charge is 0.392 e. The lowest BCUT2D eigenvalue weighted by Gasteiger charge is -2.21. The highest BCUT2D eigenvalue weighted by Gasteiger charge is 2.10. The Balaban J connectivity index is 2.75. The Morgan fingerprint density at radius 2 is 1.93 bits per heavy atom. The maximum absolute atomic E-state index is 9.05. The van der Waals surface area contributed by atoms with Crippen LogP contribution in [0.15, 0.2) is 18.2 Å². The Kier molecular flexibility index (Phi) is 3.75. The van der Waals surface area contributed by atoms with Crippen LogP contribution in [0.3, 0.4) is 0 Å². The van der Waals surface area contributed by atoms with E-state index in [0.29, 0.717) is 0 Å². The van der Waals surface area contributed by atoms with Gasteiger partial charge < -0.3 is 10.4 Å². The van der Waals surface area contributed by atoms with Crippen molar-refractivity contribution in [2.24, 2.45) is 5.41 Å². The molecule has 84 valence electrons. The Bertz CT molecular complexity index is 326. The third-order valence-corrected chi connectivity index (χ3v) is 2.29. The third kappa shape index (κ3) is 3.92. The minimum atomic E-state index is 0.102. The van der Waals surface area contributed by atoms with Gasteiger partial charge in [-0.1, -0.05) is 32.9 Å². The normalized spacial score (nSPS) is 11.5. The molecule has 0 spiro atoms. The molecule has 0 aliphatic rings. The predicted octanol–water partition coefficient (Wildman–Crippen LogP) is 2.95. The zero-order chi connectivity index (χ0) is 11.5. The molecule has 0 amide bonds. The highest BCUT2D eigenvalue weighted by molar-refractivity contribution is 5.52. The van der Waals surface area contributed by atoms with Crippen molar-refractivity contribution in [2.45, 2.75) is 34.3 Å². The van der Waals surface area contributed by atoms with Crippen LogP contribution in [0.5, 0.6) is 0 Å². The maximum Gasteiger partial charge on any atom is 0.0682 e. The van der Waals surface area contributed by atoms with E-state index in [1.165, 1.54) is 5.56 Å². The lowest BCUT2D eigenvalue weighted by molar-refractivity contribution is 0.282. The SMILES string of the molecule is Cc1ccc(CO)cc1NCC(C)(C)C. The summed E-state index contributed by atoms with van der Waals surface area (Å²) in [4.78, 5) is 0. The van der Waals surface area contributed by atoms with Gasteiger partial charge in [-0.05, 0) is 29.5 Å². The molecule has 1 aromatic carbocycles. The van der Waals surface area contributed by atoms with Gasteiger partial charge in [0.25, 0.3) is 0 Å². The zero-order valence-electron chi connectivity index (χ0n) is 10.1. The number of benzene rings is 1. The van der Waals surface area contributed by atoms with Crippen molar-refractivity contribution in [1.29, 1.82) is 0 Å². The molecule has 15 heavy (non-hydrogen) atoms. The van der Waals surface area contributed by atoms with Gasteiger partial charge in [-0.2, -0.15) is 0 Å². The molecular formula is C13H21NO. The van der Waals surface area contributed by atoms with Crippen LogP contribution in [0, 0.1) is 12.3 Å². The standard InChI is InChI=1S/C13H21NO/c1-10-5-6-11(8-15)7-12(10)14-9-13(2,3)4/h5-7,14-15H,8-9H2,1-4H3. The molecule has 2 heteroatoms. The predicted molar refractivity (Wildman–Crippen MR) is 65.0 cm³/mol. The van der Waals surface area contributed by atoms with E-state index in [4.69, 9.17) is 5.11 Å². The summed E-state index contributed by atoms with van der Waals surface area (Å²) >= 11 is 0. The van der Waals surface area contributed by atoms with Crippen LogP contribution in [0.2, 0.25) is 0 Å². The van der Waals surface area contributed by atoms with Crippen LogP contribution in [-0.2, 0) is 6.61 Å². The van der Waals surface area contributed by atoms with Gasteiger partial charge in [0.1, 0.15) is 0 Å². The average Bonchev–Trinajstić information content (AvgIpc) is 2.15. The number of aryl methyl sites for hydroxylation is 1. The lowest BCUT2D eigenvalue weighted by Crippen LogP contribution is -2.19. The molecule has 0 aliphatic heterocycles. The van der Waals surface area contributed by atoms with E-state index in [1.807, 2.05) is 18.2 Å². The summed E-state index contributed by atoms with van der Waals surface area (Å²) in [5.41, 5.74) is 3.56. The van der Waals surface area contributed by atoms with Crippen LogP contribution < -0.4 is 5.32 Å². The van der Waals surface area contributed by atoms with Crippen molar-refractivity contribution in [3.8, 4) is 0 Å². The summed E-state index contributed by atoms with van der Waals surface area (Å²) in [6.45, 7) is 9.71. The smallest absolute Gasteiger partial charge is 0.0682 e. The lowest BCUT2D eigenvalue weighted by atomic mass is 9.96. The Morgan fingerprint density at radius 1 is 1.27 bits per heavy atom. The third-order valence-electron chi connectivity index (χ3n) is 2.29. The first-order valence-electron chi connectivity index (χ1n) is 5.36. The summed E-state index contributed by atoms with van der Waals surface area (Å²) < 4.78 is 0. The maximum atomic E-state index is 9.05. The summed E-state index contributed by atoms with van der Waals surface area (Å²) in [6, 6.07) is 6.01. The van der Waals surface area contributed by atoms with Gasteiger partial charge >= 0.3 is 0 Å². The van der Waals surface area contributed by atoms with Gasteiger partial charge in [0, 0.05) is 12.2 Å². The van der Waals surface area contributed by atoms with E-state index in [-0.39, 0.29) is 12.0 Å². The summed E-state index contributed by atoms with van der Waals surface area (Å²) in [7, 11) is 0. The zero-order valence-corrected chi connectivity index (χ0v) is 10.1. The molecule has 1 aromatic rings. The molecule has 0 bridgehead atoms. The fraction of sp³-hybridized carbons (Fsp3) is 0.538. The van der Waals surface area contributed by atoms with Crippen molar-refractivity contribution in [2.75, 3.05) is 11.9 Å². The molecule has 2 nitrogen and oxygen atoms in total. The minimum Gasteiger partial charge on any atom is -0.392 e. The van der Waals surface area contributed by atoms with E-state index in [1.54, 1.807) is 0 Å². The molecule has 0 fully saturated rings. The van der Waals surface area contributed by atoms with Crippen LogP contribution >= 0.6 is 0 Å². The van der Waals surface area contributed by atoms with Gasteiger partial charge in [0.05, 0.1) is 6.61 Å². The number of hydrogen-bond acceptors (Lipinski definition) is 2.